The molecule has 1 amide bonds. The predicted molar refractivity (Wildman–Crippen MR) is 57.9 cm³/mol. The van der Waals surface area contributed by atoms with E-state index in [1.165, 1.54) is 0 Å². The van der Waals surface area contributed by atoms with Crippen molar-refractivity contribution in [2.75, 3.05) is 6.61 Å². The lowest BCUT2D eigenvalue weighted by Gasteiger charge is -2.18. The number of carboxylic acid groups (broad SMARTS) is 1. The molecule has 0 spiro atoms. The Bertz CT molecular complexity index is 342. The van der Waals surface area contributed by atoms with E-state index in [0.29, 0.717) is 6.61 Å². The summed E-state index contributed by atoms with van der Waals surface area (Å²) in [7, 11) is 0. The number of rotatable bonds is 5. The Hall–Kier alpha value is -1.44. The zero-order valence-electron chi connectivity index (χ0n) is 9.42. The van der Waals surface area contributed by atoms with Crippen LogP contribution in [0.15, 0.2) is 11.6 Å². The maximum atomic E-state index is 11.5. The van der Waals surface area contributed by atoms with Crippen molar-refractivity contribution < 1.29 is 24.5 Å². The maximum Gasteiger partial charge on any atom is 0.320 e. The molecule has 0 bridgehead atoms. The van der Waals surface area contributed by atoms with Crippen molar-refractivity contribution >= 4 is 11.9 Å². The van der Waals surface area contributed by atoms with Gasteiger partial charge >= 0.3 is 5.97 Å². The molecule has 0 aromatic carbocycles. The van der Waals surface area contributed by atoms with Crippen molar-refractivity contribution in [3.8, 4) is 0 Å². The molecule has 96 valence electrons. The second-order valence-corrected chi connectivity index (χ2v) is 3.87. The molecule has 0 aromatic heterocycles. The number of ether oxygens (including phenoxy) is 1. The van der Waals surface area contributed by atoms with Crippen molar-refractivity contribution in [2.45, 2.75) is 31.7 Å². The lowest BCUT2D eigenvalue weighted by Crippen LogP contribution is -2.45. The predicted octanol–water partition coefficient (Wildman–Crippen LogP) is -1.43. The van der Waals surface area contributed by atoms with Gasteiger partial charge in [-0.25, -0.2) is 0 Å². The smallest absolute Gasteiger partial charge is 0.320 e. The van der Waals surface area contributed by atoms with Gasteiger partial charge in [-0.1, -0.05) is 6.08 Å². The van der Waals surface area contributed by atoms with Gasteiger partial charge < -0.3 is 26.0 Å². The monoisotopic (exact) mass is 244 g/mol. The first-order chi connectivity index (χ1) is 7.91. The normalized spacial score (nSPS) is 22.8. The summed E-state index contributed by atoms with van der Waals surface area (Å²) >= 11 is 0. The summed E-state index contributed by atoms with van der Waals surface area (Å²) in [5.41, 5.74) is 6.05. The number of nitrogens with two attached hydrogens (primary N) is 1. The third kappa shape index (κ3) is 3.81. The van der Waals surface area contributed by atoms with Gasteiger partial charge in [0.25, 0.3) is 5.91 Å². The van der Waals surface area contributed by atoms with Crippen LogP contribution in [0.1, 0.15) is 13.3 Å². The highest BCUT2D eigenvalue weighted by molar-refractivity contribution is 5.82. The van der Waals surface area contributed by atoms with E-state index in [4.69, 9.17) is 15.6 Å². The molecule has 0 saturated heterocycles. The van der Waals surface area contributed by atoms with Crippen LogP contribution in [0.4, 0.5) is 0 Å². The number of hydrogen-bond acceptors (Lipinski definition) is 5. The summed E-state index contributed by atoms with van der Waals surface area (Å²) in [6.07, 6.45) is -0.548. The molecule has 0 fully saturated rings. The van der Waals surface area contributed by atoms with Gasteiger partial charge in [-0.3, -0.25) is 9.59 Å². The molecule has 7 heteroatoms. The van der Waals surface area contributed by atoms with Crippen LogP contribution in [0.5, 0.6) is 0 Å². The first-order valence-electron chi connectivity index (χ1n) is 5.17. The topological polar surface area (TPSA) is 122 Å². The number of aliphatic hydroxyl groups excluding tert-OH is 1. The number of carboxylic acids is 1. The van der Waals surface area contributed by atoms with Crippen molar-refractivity contribution in [3.05, 3.63) is 11.6 Å². The molecule has 1 rings (SSSR count). The summed E-state index contributed by atoms with van der Waals surface area (Å²) in [5, 5.41) is 20.4. The number of amides is 1. The van der Waals surface area contributed by atoms with Crippen LogP contribution < -0.4 is 11.1 Å². The summed E-state index contributed by atoms with van der Waals surface area (Å²) in [6.45, 7) is 2.19. The molecule has 3 atom stereocenters. The molecule has 0 aliphatic carbocycles. The molecule has 0 radical (unpaired) electrons. The molecule has 0 saturated carbocycles. The van der Waals surface area contributed by atoms with E-state index in [0.717, 1.165) is 5.57 Å². The fourth-order valence-electron chi connectivity index (χ4n) is 1.34. The van der Waals surface area contributed by atoms with Gasteiger partial charge in [0.05, 0.1) is 6.61 Å². The minimum atomic E-state index is -1.46. The van der Waals surface area contributed by atoms with Crippen LogP contribution in [0.25, 0.3) is 0 Å². The number of aliphatic hydroxyl groups is 1. The second kappa shape index (κ2) is 5.76. The zero-order chi connectivity index (χ0) is 13.0. The van der Waals surface area contributed by atoms with Gasteiger partial charge in [-0.15, -0.1) is 0 Å². The van der Waals surface area contributed by atoms with E-state index in [9.17, 15) is 14.7 Å². The Labute approximate surface area is 98.2 Å². The van der Waals surface area contributed by atoms with Gasteiger partial charge in [0.15, 0.2) is 6.23 Å². The van der Waals surface area contributed by atoms with E-state index in [1.807, 2.05) is 0 Å². The van der Waals surface area contributed by atoms with Crippen LogP contribution in [-0.2, 0) is 14.3 Å². The van der Waals surface area contributed by atoms with Gasteiger partial charge in [-0.2, -0.15) is 0 Å². The average molecular weight is 244 g/mol. The third-order valence-electron chi connectivity index (χ3n) is 2.45. The Kier molecular flexibility index (Phi) is 4.62. The van der Waals surface area contributed by atoms with Gasteiger partial charge in [0, 0.05) is 6.42 Å². The van der Waals surface area contributed by atoms with Crippen LogP contribution in [0, 0.1) is 0 Å². The van der Waals surface area contributed by atoms with Crippen molar-refractivity contribution in [1.29, 1.82) is 0 Å². The van der Waals surface area contributed by atoms with E-state index in [-0.39, 0.29) is 6.42 Å². The highest BCUT2D eigenvalue weighted by Crippen LogP contribution is 2.11. The van der Waals surface area contributed by atoms with Crippen molar-refractivity contribution in [1.82, 2.24) is 5.32 Å². The lowest BCUT2D eigenvalue weighted by molar-refractivity contribution is -0.140. The molecule has 1 aliphatic rings. The fourth-order valence-corrected chi connectivity index (χ4v) is 1.34. The number of aliphatic carboxylic acids is 1. The fraction of sp³-hybridized carbons (Fsp3) is 0.600. The number of carbonyl (C=O) groups excluding carboxylic acids is 1. The maximum absolute atomic E-state index is 11.5. The molecule has 17 heavy (non-hydrogen) atoms. The highest BCUT2D eigenvalue weighted by Gasteiger charge is 2.26. The van der Waals surface area contributed by atoms with Gasteiger partial charge in [0.1, 0.15) is 12.1 Å². The number of nitrogens with one attached hydrogen (secondary N) is 1. The summed E-state index contributed by atoms with van der Waals surface area (Å²) in [6, 6.07) is -1.27. The average Bonchev–Trinajstić information content (AvgIpc) is 2.64. The number of hydrogen-bond donors (Lipinski definition) is 4. The van der Waals surface area contributed by atoms with Crippen molar-refractivity contribution in [2.24, 2.45) is 5.73 Å². The summed E-state index contributed by atoms with van der Waals surface area (Å²) in [4.78, 5) is 21.9. The van der Waals surface area contributed by atoms with E-state index >= 15 is 0 Å². The molecule has 0 aromatic rings. The molecule has 0 unspecified atom stereocenters. The molecular weight excluding hydrogens is 228 g/mol. The van der Waals surface area contributed by atoms with Gasteiger partial charge in [-0.05, 0) is 12.5 Å². The Morgan fingerprint density at radius 3 is 2.82 bits per heavy atom. The Balaban J connectivity index is 2.42. The minimum absolute atomic E-state index is 0.337. The molecule has 1 heterocycles. The van der Waals surface area contributed by atoms with Crippen LogP contribution in [0.2, 0.25) is 0 Å². The second-order valence-electron chi connectivity index (χ2n) is 3.87. The first kappa shape index (κ1) is 13.6. The first-order valence-corrected chi connectivity index (χ1v) is 5.17. The van der Waals surface area contributed by atoms with Crippen LogP contribution >= 0.6 is 0 Å². The zero-order valence-corrected chi connectivity index (χ0v) is 9.42. The van der Waals surface area contributed by atoms with E-state index in [2.05, 4.69) is 5.32 Å². The van der Waals surface area contributed by atoms with Crippen LogP contribution in [-0.4, -0.2) is 47.1 Å². The highest BCUT2D eigenvalue weighted by atomic mass is 16.5. The van der Waals surface area contributed by atoms with E-state index in [1.54, 1.807) is 13.0 Å². The molecule has 1 aliphatic heterocycles. The van der Waals surface area contributed by atoms with Crippen molar-refractivity contribution in [3.63, 3.8) is 0 Å². The van der Waals surface area contributed by atoms with Crippen LogP contribution in [0.3, 0.4) is 0 Å². The summed E-state index contributed by atoms with van der Waals surface area (Å²) in [5.74, 6) is -1.95. The van der Waals surface area contributed by atoms with Gasteiger partial charge in [0.2, 0.25) is 0 Å². The molecule has 5 N–H and O–H groups in total. The minimum Gasteiger partial charge on any atom is -0.480 e. The lowest BCUT2D eigenvalue weighted by atomic mass is 10.1. The standard InChI is InChI=1S/C10H16N2O5/c1-5-2-3-17-9(5)12-8(14)7(13)4-6(11)10(15)16/h2,6-7,9,13H,3-4,11H2,1H3,(H,12,14)(H,15,16)/t6-,7+,9+/m0/s1. The largest absolute Gasteiger partial charge is 0.480 e. The quantitative estimate of drug-likeness (QED) is 0.440. The Morgan fingerprint density at radius 1 is 1.71 bits per heavy atom. The molecule has 7 nitrogen and oxygen atoms in total. The molecular formula is C10H16N2O5. The number of carbonyl (C=O) groups is 2. The SMILES string of the molecule is CC1=CCO[C@H]1NC(=O)[C@H](O)C[C@H](N)C(=O)O. The van der Waals surface area contributed by atoms with E-state index < -0.39 is 30.3 Å². The summed E-state index contributed by atoms with van der Waals surface area (Å²) < 4.78 is 5.16. The Morgan fingerprint density at radius 2 is 2.35 bits per heavy atom. The third-order valence-corrected chi connectivity index (χ3v) is 2.45.